The molecule has 0 atom stereocenters. The van der Waals surface area contributed by atoms with Crippen molar-refractivity contribution in [1.29, 1.82) is 0 Å². The Kier molecular flexibility index (Phi) is 3.43. The Balaban J connectivity index is 2.07. The van der Waals surface area contributed by atoms with E-state index in [2.05, 4.69) is 35.9 Å². The molecule has 0 aromatic carbocycles. The van der Waals surface area contributed by atoms with Crippen LogP contribution in [0.5, 0.6) is 5.88 Å². The quantitative estimate of drug-likeness (QED) is 0.768. The van der Waals surface area contributed by atoms with Gasteiger partial charge in [-0.15, -0.1) is 10.2 Å². The smallest absolute Gasteiger partial charge is 0.221 e. The summed E-state index contributed by atoms with van der Waals surface area (Å²) in [6.07, 6.45) is 1.45. The van der Waals surface area contributed by atoms with E-state index in [1.54, 1.807) is 0 Å². The van der Waals surface area contributed by atoms with Crippen LogP contribution in [0.3, 0.4) is 0 Å². The highest BCUT2D eigenvalue weighted by atomic mass is 16.5. The first-order valence-corrected chi connectivity index (χ1v) is 5.22. The molecule has 2 N–H and O–H groups in total. The van der Waals surface area contributed by atoms with Crippen LogP contribution in [0.1, 0.15) is 18.3 Å². The Hall–Kier alpha value is -2.25. The van der Waals surface area contributed by atoms with Gasteiger partial charge < -0.3 is 10.1 Å². The van der Waals surface area contributed by atoms with Crippen LogP contribution in [0.4, 0.5) is 5.82 Å². The van der Waals surface area contributed by atoms with Crippen molar-refractivity contribution in [2.24, 2.45) is 0 Å². The maximum absolute atomic E-state index is 5.37. The molecule has 0 saturated heterocycles. The molecule has 0 amide bonds. The zero-order valence-corrected chi connectivity index (χ0v) is 9.64. The van der Waals surface area contributed by atoms with Gasteiger partial charge in [0, 0.05) is 0 Å². The average molecular weight is 235 g/mol. The van der Waals surface area contributed by atoms with Gasteiger partial charge in [0.05, 0.1) is 18.7 Å². The molecule has 0 spiro atoms. The highest BCUT2D eigenvalue weighted by Gasteiger charge is 2.08. The second-order valence-electron chi connectivity index (χ2n) is 3.27. The number of H-pyrrole nitrogens is 1. The van der Waals surface area contributed by atoms with Gasteiger partial charge in [-0.2, -0.15) is 5.21 Å². The number of aromatic nitrogens is 6. The average Bonchev–Trinajstić information content (AvgIpc) is 2.83. The van der Waals surface area contributed by atoms with Gasteiger partial charge in [0.15, 0.2) is 5.82 Å². The normalized spacial score (nSPS) is 10.2. The second-order valence-corrected chi connectivity index (χ2v) is 3.27. The molecule has 2 aromatic rings. The number of hydrogen-bond donors (Lipinski definition) is 2. The fraction of sp³-hybridized carbons (Fsp3) is 0.444. The molecule has 17 heavy (non-hydrogen) atoms. The van der Waals surface area contributed by atoms with Gasteiger partial charge in [-0.25, -0.2) is 9.97 Å². The van der Waals surface area contributed by atoms with Gasteiger partial charge in [-0.1, -0.05) is 5.21 Å². The van der Waals surface area contributed by atoms with Gasteiger partial charge in [-0.05, 0) is 13.8 Å². The fourth-order valence-electron chi connectivity index (χ4n) is 1.31. The first-order valence-electron chi connectivity index (χ1n) is 5.22. The summed E-state index contributed by atoms with van der Waals surface area (Å²) in [6.45, 7) is 4.82. The van der Waals surface area contributed by atoms with Gasteiger partial charge in [0.25, 0.3) is 0 Å². The first kappa shape index (κ1) is 11.2. The van der Waals surface area contributed by atoms with Crippen LogP contribution in [0.25, 0.3) is 0 Å². The van der Waals surface area contributed by atoms with Crippen LogP contribution in [0.15, 0.2) is 6.33 Å². The summed E-state index contributed by atoms with van der Waals surface area (Å²) >= 11 is 0. The summed E-state index contributed by atoms with van der Waals surface area (Å²) in [6, 6.07) is 0. The lowest BCUT2D eigenvalue weighted by Crippen LogP contribution is -2.07. The monoisotopic (exact) mass is 235 g/mol. The maximum Gasteiger partial charge on any atom is 0.221 e. The van der Waals surface area contributed by atoms with Crippen molar-refractivity contribution < 1.29 is 4.74 Å². The lowest BCUT2D eigenvalue weighted by Gasteiger charge is -2.09. The van der Waals surface area contributed by atoms with Crippen molar-refractivity contribution in [1.82, 2.24) is 30.6 Å². The molecular weight excluding hydrogens is 222 g/mol. The predicted octanol–water partition coefficient (Wildman–Crippen LogP) is 0.309. The van der Waals surface area contributed by atoms with E-state index in [1.165, 1.54) is 6.33 Å². The number of anilines is 1. The van der Waals surface area contributed by atoms with Crippen molar-refractivity contribution in [2.75, 3.05) is 11.9 Å². The molecular formula is C9H13N7O. The Bertz CT molecular complexity index is 470. The van der Waals surface area contributed by atoms with E-state index in [4.69, 9.17) is 4.74 Å². The van der Waals surface area contributed by atoms with Crippen LogP contribution < -0.4 is 10.1 Å². The van der Waals surface area contributed by atoms with E-state index in [9.17, 15) is 0 Å². The number of nitrogens with one attached hydrogen (secondary N) is 2. The Labute approximate surface area is 97.8 Å². The topological polar surface area (TPSA) is 102 Å². The van der Waals surface area contributed by atoms with E-state index >= 15 is 0 Å². The summed E-state index contributed by atoms with van der Waals surface area (Å²) in [5.41, 5.74) is 0.859. The van der Waals surface area contributed by atoms with Gasteiger partial charge in [0.1, 0.15) is 12.1 Å². The molecule has 0 fully saturated rings. The van der Waals surface area contributed by atoms with E-state index in [1.807, 2.05) is 13.8 Å². The van der Waals surface area contributed by atoms with Crippen molar-refractivity contribution in [3.05, 3.63) is 17.7 Å². The van der Waals surface area contributed by atoms with E-state index in [-0.39, 0.29) is 0 Å². The molecule has 2 heterocycles. The maximum atomic E-state index is 5.37. The number of ether oxygens (including phenoxy) is 1. The summed E-state index contributed by atoms with van der Waals surface area (Å²) in [5, 5.41) is 16.6. The molecule has 0 aliphatic rings. The van der Waals surface area contributed by atoms with Crippen molar-refractivity contribution >= 4 is 5.82 Å². The van der Waals surface area contributed by atoms with Crippen molar-refractivity contribution in [2.45, 2.75) is 20.4 Å². The van der Waals surface area contributed by atoms with E-state index in [0.717, 1.165) is 5.56 Å². The summed E-state index contributed by atoms with van der Waals surface area (Å²) < 4.78 is 5.37. The minimum absolute atomic E-state index is 0.444. The Morgan fingerprint density at radius 2 is 2.29 bits per heavy atom. The predicted molar refractivity (Wildman–Crippen MR) is 59.4 cm³/mol. The number of aromatic amines is 1. The molecule has 0 aliphatic carbocycles. The molecule has 0 radical (unpaired) electrons. The van der Waals surface area contributed by atoms with Gasteiger partial charge >= 0.3 is 0 Å². The van der Waals surface area contributed by atoms with E-state index in [0.29, 0.717) is 30.7 Å². The standard InChI is InChI=1S/C9H13N7O/c1-3-17-9-6(2)8(11-5-12-9)10-4-7-13-15-16-14-7/h5H,3-4H2,1-2H3,(H,10,11,12)(H,13,14,15,16). The third-order valence-corrected chi connectivity index (χ3v) is 2.12. The molecule has 0 bridgehead atoms. The zero-order valence-electron chi connectivity index (χ0n) is 9.64. The van der Waals surface area contributed by atoms with Crippen molar-refractivity contribution in [3.63, 3.8) is 0 Å². The molecule has 90 valence electrons. The molecule has 2 aromatic heterocycles. The SMILES string of the molecule is CCOc1ncnc(NCc2nn[nH]n2)c1C. The molecule has 0 aliphatic heterocycles. The number of tetrazole rings is 1. The third-order valence-electron chi connectivity index (χ3n) is 2.12. The minimum Gasteiger partial charge on any atom is -0.478 e. The Morgan fingerprint density at radius 1 is 1.41 bits per heavy atom. The first-order chi connectivity index (χ1) is 8.31. The molecule has 0 unspecified atom stereocenters. The van der Waals surface area contributed by atoms with Gasteiger partial charge in [0.2, 0.25) is 5.88 Å². The molecule has 8 nitrogen and oxygen atoms in total. The minimum atomic E-state index is 0.444. The summed E-state index contributed by atoms with van der Waals surface area (Å²) in [4.78, 5) is 8.18. The van der Waals surface area contributed by atoms with Gasteiger partial charge in [-0.3, -0.25) is 0 Å². The van der Waals surface area contributed by atoms with E-state index < -0.39 is 0 Å². The molecule has 8 heteroatoms. The fourth-order valence-corrected chi connectivity index (χ4v) is 1.31. The molecule has 2 rings (SSSR count). The lowest BCUT2D eigenvalue weighted by molar-refractivity contribution is 0.324. The third kappa shape index (κ3) is 2.65. The highest BCUT2D eigenvalue weighted by Crippen LogP contribution is 2.20. The number of nitrogens with zero attached hydrogens (tertiary/aromatic N) is 5. The largest absolute Gasteiger partial charge is 0.478 e. The van der Waals surface area contributed by atoms with Crippen LogP contribution in [0, 0.1) is 6.92 Å². The number of hydrogen-bond acceptors (Lipinski definition) is 7. The van der Waals surface area contributed by atoms with Crippen molar-refractivity contribution in [3.8, 4) is 5.88 Å². The number of rotatable bonds is 5. The van der Waals surface area contributed by atoms with Crippen LogP contribution in [-0.4, -0.2) is 37.2 Å². The lowest BCUT2D eigenvalue weighted by atomic mass is 10.3. The summed E-state index contributed by atoms with van der Waals surface area (Å²) in [5.74, 6) is 1.85. The second kappa shape index (κ2) is 5.19. The van der Waals surface area contributed by atoms with Crippen LogP contribution >= 0.6 is 0 Å². The van der Waals surface area contributed by atoms with Crippen LogP contribution in [-0.2, 0) is 6.54 Å². The molecule has 0 saturated carbocycles. The highest BCUT2D eigenvalue weighted by molar-refractivity contribution is 5.47. The van der Waals surface area contributed by atoms with Crippen LogP contribution in [0.2, 0.25) is 0 Å². The Morgan fingerprint density at radius 3 is 3.00 bits per heavy atom. The zero-order chi connectivity index (χ0) is 12.1. The summed E-state index contributed by atoms with van der Waals surface area (Å²) in [7, 11) is 0.